The lowest BCUT2D eigenvalue weighted by molar-refractivity contribution is -0.140. The third kappa shape index (κ3) is 8.74. The number of anilines is 1. The molecule has 4 rings (SSSR count). The van der Waals surface area contributed by atoms with Crippen LogP contribution in [0.1, 0.15) is 41.7 Å². The molecule has 0 radical (unpaired) electrons. The molecule has 45 heavy (non-hydrogen) atoms. The number of benzene rings is 4. The molecule has 0 bridgehead atoms. The smallest absolute Gasteiger partial charge is 0.264 e. The van der Waals surface area contributed by atoms with Gasteiger partial charge in [-0.2, -0.15) is 0 Å². The van der Waals surface area contributed by atoms with E-state index < -0.39 is 28.5 Å². The highest BCUT2D eigenvalue weighted by Crippen LogP contribution is 2.29. The number of hydrogen-bond donors (Lipinski definition) is 1. The predicted molar refractivity (Wildman–Crippen MR) is 181 cm³/mol. The molecule has 7 nitrogen and oxygen atoms in total. The molecule has 1 N–H and O–H groups in total. The van der Waals surface area contributed by atoms with E-state index in [1.165, 1.54) is 4.90 Å². The Kier molecular flexibility index (Phi) is 11.1. The lowest BCUT2D eigenvalue weighted by atomic mass is 10.0. The van der Waals surface area contributed by atoms with Crippen LogP contribution >= 0.6 is 11.6 Å². The van der Waals surface area contributed by atoms with E-state index >= 15 is 0 Å². The van der Waals surface area contributed by atoms with Gasteiger partial charge in [0.25, 0.3) is 10.0 Å². The Labute approximate surface area is 271 Å². The third-order valence-corrected chi connectivity index (χ3v) is 9.47. The number of nitrogens with one attached hydrogen (secondary N) is 1. The Hall–Kier alpha value is -4.14. The lowest BCUT2D eigenvalue weighted by Crippen LogP contribution is -2.54. The van der Waals surface area contributed by atoms with Gasteiger partial charge in [-0.3, -0.25) is 13.9 Å². The summed E-state index contributed by atoms with van der Waals surface area (Å²) < 4.78 is 29.7. The van der Waals surface area contributed by atoms with Crippen LogP contribution in [-0.4, -0.2) is 43.8 Å². The summed E-state index contributed by atoms with van der Waals surface area (Å²) in [7, 11) is -4.18. The number of carbonyl (C=O) groups is 2. The Balaban J connectivity index is 1.84. The zero-order valence-electron chi connectivity index (χ0n) is 26.3. The van der Waals surface area contributed by atoms with Crippen LogP contribution in [0.4, 0.5) is 5.69 Å². The van der Waals surface area contributed by atoms with E-state index in [9.17, 15) is 18.0 Å². The van der Waals surface area contributed by atoms with Crippen LogP contribution in [0.3, 0.4) is 0 Å². The number of amides is 2. The van der Waals surface area contributed by atoms with Gasteiger partial charge >= 0.3 is 0 Å². The van der Waals surface area contributed by atoms with Crippen molar-refractivity contribution in [2.75, 3.05) is 10.8 Å². The first-order valence-corrected chi connectivity index (χ1v) is 16.7. The monoisotopic (exact) mass is 645 g/mol. The van der Waals surface area contributed by atoms with Crippen LogP contribution < -0.4 is 9.62 Å². The fourth-order valence-electron chi connectivity index (χ4n) is 5.11. The quantitative estimate of drug-likeness (QED) is 0.188. The molecule has 236 valence electrons. The third-order valence-electron chi connectivity index (χ3n) is 7.47. The summed E-state index contributed by atoms with van der Waals surface area (Å²) in [5, 5.41) is 3.46. The van der Waals surface area contributed by atoms with E-state index in [1.54, 1.807) is 48.5 Å². The van der Waals surface area contributed by atoms with E-state index in [2.05, 4.69) is 5.32 Å². The van der Waals surface area contributed by atoms with Gasteiger partial charge in [-0.05, 0) is 87.2 Å². The number of carbonyl (C=O) groups excluding carboxylic acids is 2. The van der Waals surface area contributed by atoms with Gasteiger partial charge in [-0.25, -0.2) is 8.42 Å². The molecule has 0 fully saturated rings. The summed E-state index contributed by atoms with van der Waals surface area (Å²) in [6.45, 7) is 8.82. The maximum atomic E-state index is 14.6. The molecule has 0 aliphatic heterocycles. The number of rotatable bonds is 12. The molecule has 0 saturated carbocycles. The SMILES string of the molecule is Cc1ccc(S(=O)(=O)N(CC(=O)N(Cc2cccc(Cl)c2)[C@H](Cc2ccccc2)C(=O)NC(C)C)c2cc(C)ccc2C)cc1. The van der Waals surface area contributed by atoms with Crippen molar-refractivity contribution < 1.29 is 18.0 Å². The largest absolute Gasteiger partial charge is 0.352 e. The van der Waals surface area contributed by atoms with E-state index in [0.717, 1.165) is 21.0 Å². The Morgan fingerprint density at radius 1 is 0.800 bits per heavy atom. The van der Waals surface area contributed by atoms with Crippen molar-refractivity contribution in [2.24, 2.45) is 0 Å². The highest BCUT2D eigenvalue weighted by molar-refractivity contribution is 7.92. The number of hydrogen-bond acceptors (Lipinski definition) is 4. The fraction of sp³-hybridized carbons (Fsp3) is 0.278. The Morgan fingerprint density at radius 2 is 1.44 bits per heavy atom. The molecule has 4 aromatic carbocycles. The Bertz CT molecular complexity index is 1740. The van der Waals surface area contributed by atoms with Crippen LogP contribution in [0.2, 0.25) is 5.02 Å². The second-order valence-corrected chi connectivity index (χ2v) is 13.9. The first kappa shape index (κ1) is 33.7. The van der Waals surface area contributed by atoms with Crippen molar-refractivity contribution in [1.29, 1.82) is 0 Å². The van der Waals surface area contributed by atoms with Gasteiger partial charge in [-0.15, -0.1) is 0 Å². The maximum absolute atomic E-state index is 14.6. The maximum Gasteiger partial charge on any atom is 0.264 e. The van der Waals surface area contributed by atoms with Crippen LogP contribution in [0.5, 0.6) is 0 Å². The van der Waals surface area contributed by atoms with E-state index in [-0.39, 0.29) is 29.8 Å². The molecule has 4 aromatic rings. The second-order valence-electron chi connectivity index (χ2n) is 11.6. The van der Waals surface area contributed by atoms with Crippen molar-refractivity contribution in [2.45, 2.75) is 64.6 Å². The first-order chi connectivity index (χ1) is 21.3. The normalized spacial score (nSPS) is 12.1. The van der Waals surface area contributed by atoms with Gasteiger partial charge in [0.2, 0.25) is 11.8 Å². The summed E-state index contributed by atoms with van der Waals surface area (Å²) in [6.07, 6.45) is 0.236. The highest BCUT2D eigenvalue weighted by atomic mass is 35.5. The minimum Gasteiger partial charge on any atom is -0.352 e. The number of aryl methyl sites for hydroxylation is 3. The van der Waals surface area contributed by atoms with Crippen molar-refractivity contribution in [1.82, 2.24) is 10.2 Å². The second kappa shape index (κ2) is 14.8. The summed E-state index contributed by atoms with van der Waals surface area (Å²) >= 11 is 6.31. The number of sulfonamides is 1. The number of halogens is 1. The molecule has 0 aliphatic carbocycles. The van der Waals surface area contributed by atoms with Gasteiger partial charge < -0.3 is 10.2 Å². The summed E-state index contributed by atoms with van der Waals surface area (Å²) in [5.41, 5.74) is 4.44. The fourth-order valence-corrected chi connectivity index (χ4v) is 6.79. The zero-order chi connectivity index (χ0) is 32.7. The average molecular weight is 646 g/mol. The molecule has 0 heterocycles. The Morgan fingerprint density at radius 3 is 2.09 bits per heavy atom. The number of nitrogens with zero attached hydrogens (tertiary/aromatic N) is 2. The predicted octanol–water partition coefficient (Wildman–Crippen LogP) is 6.63. The molecule has 1 atom stereocenters. The van der Waals surface area contributed by atoms with Gasteiger partial charge in [0.15, 0.2) is 0 Å². The molecular formula is C36H40ClN3O4S. The molecule has 9 heteroatoms. The first-order valence-electron chi connectivity index (χ1n) is 14.9. The van der Waals surface area contributed by atoms with Crippen molar-refractivity contribution in [3.05, 3.63) is 130 Å². The molecular weight excluding hydrogens is 606 g/mol. The van der Waals surface area contributed by atoms with E-state index in [1.807, 2.05) is 83.1 Å². The lowest BCUT2D eigenvalue weighted by Gasteiger charge is -2.34. The standard InChI is InChI=1S/C36H40ClN3O4S/c1-25(2)38-36(42)34(22-29-10-7-6-8-11-29)39(23-30-12-9-13-31(37)21-30)35(41)24-40(33-20-27(4)14-17-28(33)5)45(43,44)32-18-15-26(3)16-19-32/h6-21,25,34H,22-24H2,1-5H3,(H,38,42)/t34-/m1/s1. The van der Waals surface area contributed by atoms with Gasteiger partial charge in [-0.1, -0.05) is 83.9 Å². The molecule has 0 spiro atoms. The molecule has 0 aliphatic rings. The van der Waals surface area contributed by atoms with Gasteiger partial charge in [0, 0.05) is 24.0 Å². The van der Waals surface area contributed by atoms with Crippen molar-refractivity contribution >= 4 is 39.1 Å². The van der Waals surface area contributed by atoms with Gasteiger partial charge in [0.05, 0.1) is 10.6 Å². The van der Waals surface area contributed by atoms with Crippen LogP contribution in [0.25, 0.3) is 0 Å². The molecule has 0 saturated heterocycles. The van der Waals surface area contributed by atoms with Crippen molar-refractivity contribution in [3.63, 3.8) is 0 Å². The summed E-state index contributed by atoms with van der Waals surface area (Å²) in [4.78, 5) is 29.9. The zero-order valence-corrected chi connectivity index (χ0v) is 27.9. The molecule has 0 unspecified atom stereocenters. The summed E-state index contributed by atoms with van der Waals surface area (Å²) in [5.74, 6) is -0.852. The highest BCUT2D eigenvalue weighted by Gasteiger charge is 2.35. The van der Waals surface area contributed by atoms with Crippen molar-refractivity contribution in [3.8, 4) is 0 Å². The van der Waals surface area contributed by atoms with Crippen LogP contribution in [0, 0.1) is 20.8 Å². The summed E-state index contributed by atoms with van der Waals surface area (Å²) in [6, 6.07) is 27.5. The minimum absolute atomic E-state index is 0.0492. The van der Waals surface area contributed by atoms with E-state index in [4.69, 9.17) is 11.6 Å². The van der Waals surface area contributed by atoms with Crippen LogP contribution in [-0.2, 0) is 32.6 Å². The molecule has 2 amide bonds. The van der Waals surface area contributed by atoms with Gasteiger partial charge in [0.1, 0.15) is 12.6 Å². The average Bonchev–Trinajstić information content (AvgIpc) is 2.99. The minimum atomic E-state index is -4.18. The van der Waals surface area contributed by atoms with E-state index in [0.29, 0.717) is 21.8 Å². The topological polar surface area (TPSA) is 86.8 Å². The van der Waals surface area contributed by atoms with Crippen LogP contribution in [0.15, 0.2) is 102 Å². The molecule has 0 aromatic heterocycles.